The quantitative estimate of drug-likeness (QED) is 0.604. The van der Waals surface area contributed by atoms with Crippen molar-refractivity contribution in [3.05, 3.63) is 24.0 Å². The molecule has 0 aromatic carbocycles. The van der Waals surface area contributed by atoms with Crippen molar-refractivity contribution in [3.63, 3.8) is 0 Å². The van der Waals surface area contributed by atoms with Crippen LogP contribution in [0.1, 0.15) is 0 Å². The molecule has 0 amide bonds. The van der Waals surface area contributed by atoms with Crippen molar-refractivity contribution in [2.24, 2.45) is 0 Å². The Bertz CT molecular complexity index is 261. The number of hydrogen-bond donors (Lipinski definition) is 0. The van der Waals surface area contributed by atoms with Gasteiger partial charge in [0.25, 0.3) is 0 Å². The Morgan fingerprint density at radius 3 is 2.31 bits per heavy atom. The van der Waals surface area contributed by atoms with Crippen LogP contribution < -0.4 is 0 Å². The zero-order valence-electron chi connectivity index (χ0n) is 7.87. The van der Waals surface area contributed by atoms with Gasteiger partial charge in [0.15, 0.2) is 11.5 Å². The highest BCUT2D eigenvalue weighted by atomic mass is 16.7. The van der Waals surface area contributed by atoms with Crippen molar-refractivity contribution >= 4 is 5.78 Å². The summed E-state index contributed by atoms with van der Waals surface area (Å²) in [6.45, 7) is 0. The van der Waals surface area contributed by atoms with Crippen LogP contribution in [0.3, 0.4) is 0 Å². The number of rotatable bonds is 3. The second kappa shape index (κ2) is 3.72. The number of hydrogen-bond acceptors (Lipinski definition) is 4. The summed E-state index contributed by atoms with van der Waals surface area (Å²) in [7, 11) is 4.43. The lowest BCUT2D eigenvalue weighted by atomic mass is 10.1. The average Bonchev–Trinajstić information content (AvgIpc) is 2.18. The van der Waals surface area contributed by atoms with Gasteiger partial charge in [-0.1, -0.05) is 0 Å². The number of allylic oxidation sites excluding steroid dienone is 2. The van der Waals surface area contributed by atoms with Crippen LogP contribution >= 0.6 is 0 Å². The summed E-state index contributed by atoms with van der Waals surface area (Å²) in [5.74, 6) is -0.838. The molecule has 4 heteroatoms. The first kappa shape index (κ1) is 9.95. The number of ketones is 1. The number of methoxy groups -OCH3 is 3. The molecule has 0 saturated heterocycles. The van der Waals surface area contributed by atoms with Crippen LogP contribution in [-0.2, 0) is 19.0 Å². The molecule has 72 valence electrons. The Balaban J connectivity index is 3.03. The molecule has 1 aliphatic rings. The first-order valence-corrected chi connectivity index (χ1v) is 3.78. The van der Waals surface area contributed by atoms with Gasteiger partial charge in [-0.25, -0.2) is 0 Å². The molecule has 0 saturated carbocycles. The highest BCUT2D eigenvalue weighted by molar-refractivity contribution is 6.01. The summed E-state index contributed by atoms with van der Waals surface area (Å²) < 4.78 is 15.2. The highest BCUT2D eigenvalue weighted by Gasteiger charge is 2.36. The molecule has 0 atom stereocenters. The van der Waals surface area contributed by atoms with E-state index >= 15 is 0 Å². The Morgan fingerprint density at radius 1 is 1.23 bits per heavy atom. The van der Waals surface area contributed by atoms with Crippen molar-refractivity contribution in [1.82, 2.24) is 0 Å². The predicted octanol–water partition coefficient (Wildman–Crippen LogP) is 0.645. The van der Waals surface area contributed by atoms with Gasteiger partial charge in [-0.2, -0.15) is 0 Å². The molecule has 1 rings (SSSR count). The molecule has 1 aliphatic carbocycles. The Morgan fingerprint density at radius 2 is 1.85 bits per heavy atom. The van der Waals surface area contributed by atoms with Gasteiger partial charge in [-0.3, -0.25) is 4.79 Å². The SMILES string of the molecule is COC1=CC(=O)C=CC1(OC)OC. The summed E-state index contributed by atoms with van der Waals surface area (Å²) in [6, 6.07) is 0. The van der Waals surface area contributed by atoms with E-state index in [1.807, 2.05) is 0 Å². The molecular weight excluding hydrogens is 172 g/mol. The van der Waals surface area contributed by atoms with Gasteiger partial charge in [0.05, 0.1) is 7.11 Å². The second-order valence-electron chi connectivity index (χ2n) is 2.52. The third-order valence-corrected chi connectivity index (χ3v) is 1.91. The zero-order chi connectivity index (χ0) is 9.90. The lowest BCUT2D eigenvalue weighted by molar-refractivity contribution is -0.167. The van der Waals surface area contributed by atoms with E-state index in [2.05, 4.69) is 0 Å². The van der Waals surface area contributed by atoms with Crippen molar-refractivity contribution in [2.45, 2.75) is 5.79 Å². The van der Waals surface area contributed by atoms with Gasteiger partial charge in [0.1, 0.15) is 0 Å². The van der Waals surface area contributed by atoms with Crippen LogP contribution in [0.2, 0.25) is 0 Å². The van der Waals surface area contributed by atoms with Crippen molar-refractivity contribution in [1.29, 1.82) is 0 Å². The van der Waals surface area contributed by atoms with E-state index in [0.717, 1.165) is 0 Å². The predicted molar refractivity (Wildman–Crippen MR) is 46.0 cm³/mol. The molecule has 4 nitrogen and oxygen atoms in total. The third kappa shape index (κ3) is 1.64. The molecule has 0 heterocycles. The van der Waals surface area contributed by atoms with Crippen LogP contribution in [-0.4, -0.2) is 32.9 Å². The molecule has 13 heavy (non-hydrogen) atoms. The summed E-state index contributed by atoms with van der Waals surface area (Å²) in [4.78, 5) is 11.0. The van der Waals surface area contributed by atoms with Crippen LogP contribution in [0.15, 0.2) is 24.0 Å². The average molecular weight is 184 g/mol. The summed E-state index contributed by atoms with van der Waals surface area (Å²) in [6.07, 6.45) is 4.25. The maximum atomic E-state index is 11.0. The minimum Gasteiger partial charge on any atom is -0.495 e. The fourth-order valence-electron chi connectivity index (χ4n) is 1.17. The number of carbonyl (C=O) groups is 1. The minimum atomic E-state index is -1.05. The van der Waals surface area contributed by atoms with E-state index in [4.69, 9.17) is 14.2 Å². The molecule has 0 aliphatic heterocycles. The molecule has 0 aromatic heterocycles. The van der Waals surface area contributed by atoms with Gasteiger partial charge in [0, 0.05) is 20.3 Å². The largest absolute Gasteiger partial charge is 0.495 e. The van der Waals surface area contributed by atoms with Crippen molar-refractivity contribution < 1.29 is 19.0 Å². The van der Waals surface area contributed by atoms with Gasteiger partial charge >= 0.3 is 0 Å². The Hall–Kier alpha value is -1.13. The molecule has 0 radical (unpaired) electrons. The van der Waals surface area contributed by atoms with Gasteiger partial charge in [-0.05, 0) is 12.2 Å². The summed E-state index contributed by atoms with van der Waals surface area (Å²) in [5, 5.41) is 0. The number of ether oxygens (including phenoxy) is 3. The van der Waals surface area contributed by atoms with Crippen LogP contribution in [0.25, 0.3) is 0 Å². The molecule has 0 bridgehead atoms. The third-order valence-electron chi connectivity index (χ3n) is 1.91. The van der Waals surface area contributed by atoms with Crippen molar-refractivity contribution in [2.75, 3.05) is 21.3 Å². The number of carbonyl (C=O) groups excluding carboxylic acids is 1. The van der Waals surface area contributed by atoms with E-state index < -0.39 is 5.79 Å². The van der Waals surface area contributed by atoms with E-state index in [1.165, 1.54) is 39.6 Å². The molecule has 0 N–H and O–H groups in total. The van der Waals surface area contributed by atoms with Crippen LogP contribution in [0, 0.1) is 0 Å². The summed E-state index contributed by atoms with van der Waals surface area (Å²) in [5.41, 5.74) is 0. The van der Waals surface area contributed by atoms with Gasteiger partial charge in [-0.15, -0.1) is 0 Å². The minimum absolute atomic E-state index is 0.137. The fourth-order valence-corrected chi connectivity index (χ4v) is 1.17. The maximum absolute atomic E-state index is 11.0. The molecular formula is C9H12O4. The van der Waals surface area contributed by atoms with Gasteiger partial charge < -0.3 is 14.2 Å². The van der Waals surface area contributed by atoms with E-state index in [9.17, 15) is 4.79 Å². The lowest BCUT2D eigenvalue weighted by Crippen LogP contribution is -2.36. The van der Waals surface area contributed by atoms with E-state index in [1.54, 1.807) is 0 Å². The normalized spacial score (nSPS) is 19.9. The molecule has 0 spiro atoms. The second-order valence-corrected chi connectivity index (χ2v) is 2.52. The maximum Gasteiger partial charge on any atom is 0.248 e. The van der Waals surface area contributed by atoms with E-state index in [0.29, 0.717) is 5.76 Å². The first-order valence-electron chi connectivity index (χ1n) is 3.78. The first-order chi connectivity index (χ1) is 6.18. The standard InChI is InChI=1S/C9H12O4/c1-11-8-6-7(10)4-5-9(8,12-2)13-3/h4-6H,1-3H3. The summed E-state index contributed by atoms with van der Waals surface area (Å²) >= 11 is 0. The highest BCUT2D eigenvalue weighted by Crippen LogP contribution is 2.27. The zero-order valence-corrected chi connectivity index (χ0v) is 7.87. The Labute approximate surface area is 76.8 Å². The molecule has 0 unspecified atom stereocenters. The topological polar surface area (TPSA) is 44.8 Å². The molecule has 0 aromatic rings. The monoisotopic (exact) mass is 184 g/mol. The molecule has 0 fully saturated rings. The van der Waals surface area contributed by atoms with E-state index in [-0.39, 0.29) is 5.78 Å². The Kier molecular flexibility index (Phi) is 2.85. The fraction of sp³-hybridized carbons (Fsp3) is 0.444. The van der Waals surface area contributed by atoms with Crippen LogP contribution in [0.4, 0.5) is 0 Å². The smallest absolute Gasteiger partial charge is 0.248 e. The van der Waals surface area contributed by atoms with Crippen LogP contribution in [0.5, 0.6) is 0 Å². The van der Waals surface area contributed by atoms with Crippen molar-refractivity contribution in [3.8, 4) is 0 Å². The lowest BCUT2D eigenvalue weighted by Gasteiger charge is -2.30. The van der Waals surface area contributed by atoms with Gasteiger partial charge in [0.2, 0.25) is 5.79 Å².